The number of aryl methyl sites for hydroxylation is 2. The zero-order valence-electron chi connectivity index (χ0n) is 14.2. The number of carbonyl (C=O) groups is 1. The molecule has 3 rings (SSSR count). The standard InChI is InChI=1S/C18H20ClFN4O/c1-11-9-17(22-12(2)21-11)24-7-5-13(6-8-24)18(25)23-14-3-4-16(20)15(19)10-14/h3-4,9-10,13H,5-8H2,1-2H3,(H,23,25). The predicted molar refractivity (Wildman–Crippen MR) is 96.5 cm³/mol. The van der Waals surface area contributed by atoms with Crippen molar-refractivity contribution < 1.29 is 9.18 Å². The van der Waals surface area contributed by atoms with Crippen LogP contribution in [0.1, 0.15) is 24.4 Å². The molecule has 1 saturated heterocycles. The minimum absolute atomic E-state index is 0.00196. The van der Waals surface area contributed by atoms with E-state index in [0.29, 0.717) is 5.69 Å². The summed E-state index contributed by atoms with van der Waals surface area (Å²) in [6.07, 6.45) is 1.48. The largest absolute Gasteiger partial charge is 0.356 e. The van der Waals surface area contributed by atoms with Crippen LogP contribution < -0.4 is 10.2 Å². The lowest BCUT2D eigenvalue weighted by atomic mass is 9.95. The molecule has 0 radical (unpaired) electrons. The molecule has 0 atom stereocenters. The Balaban J connectivity index is 1.59. The molecule has 1 aliphatic rings. The zero-order chi connectivity index (χ0) is 18.0. The van der Waals surface area contributed by atoms with Gasteiger partial charge in [0.2, 0.25) is 5.91 Å². The molecule has 0 aliphatic carbocycles. The number of amides is 1. The van der Waals surface area contributed by atoms with Gasteiger partial charge in [0.1, 0.15) is 17.5 Å². The molecular formula is C18H20ClFN4O. The van der Waals surface area contributed by atoms with E-state index in [0.717, 1.165) is 43.3 Å². The van der Waals surface area contributed by atoms with Gasteiger partial charge in [0.05, 0.1) is 5.02 Å². The fraction of sp³-hybridized carbons (Fsp3) is 0.389. The third-order valence-electron chi connectivity index (χ3n) is 4.33. The Labute approximate surface area is 151 Å². The van der Waals surface area contributed by atoms with Gasteiger partial charge in [-0.15, -0.1) is 0 Å². The van der Waals surface area contributed by atoms with Crippen LogP contribution in [0.5, 0.6) is 0 Å². The summed E-state index contributed by atoms with van der Waals surface area (Å²) in [6.45, 7) is 5.35. The summed E-state index contributed by atoms with van der Waals surface area (Å²) in [5.74, 6) is 1.03. The lowest BCUT2D eigenvalue weighted by Crippen LogP contribution is -2.38. The molecule has 7 heteroatoms. The molecule has 25 heavy (non-hydrogen) atoms. The Morgan fingerprint density at radius 3 is 2.60 bits per heavy atom. The normalized spacial score (nSPS) is 15.3. The predicted octanol–water partition coefficient (Wildman–Crippen LogP) is 3.74. The number of hydrogen-bond acceptors (Lipinski definition) is 4. The number of anilines is 2. The van der Waals surface area contributed by atoms with Crippen molar-refractivity contribution >= 4 is 29.0 Å². The minimum Gasteiger partial charge on any atom is -0.356 e. The smallest absolute Gasteiger partial charge is 0.227 e. The fourth-order valence-corrected chi connectivity index (χ4v) is 3.23. The number of benzene rings is 1. The van der Waals surface area contributed by atoms with Crippen LogP contribution in [0.3, 0.4) is 0 Å². The second kappa shape index (κ2) is 7.35. The molecule has 2 heterocycles. The molecule has 1 aliphatic heterocycles. The quantitative estimate of drug-likeness (QED) is 0.903. The molecule has 1 aromatic carbocycles. The van der Waals surface area contributed by atoms with Gasteiger partial charge in [0.25, 0.3) is 0 Å². The first-order valence-electron chi connectivity index (χ1n) is 8.25. The van der Waals surface area contributed by atoms with E-state index in [1.807, 2.05) is 19.9 Å². The first-order valence-corrected chi connectivity index (χ1v) is 8.63. The lowest BCUT2D eigenvalue weighted by molar-refractivity contribution is -0.120. The molecular weight excluding hydrogens is 343 g/mol. The average molecular weight is 363 g/mol. The SMILES string of the molecule is Cc1cc(N2CCC(C(=O)Nc3ccc(F)c(Cl)c3)CC2)nc(C)n1. The van der Waals surface area contributed by atoms with E-state index in [9.17, 15) is 9.18 Å². The Hall–Kier alpha value is -2.21. The van der Waals surface area contributed by atoms with Crippen LogP contribution in [-0.2, 0) is 4.79 Å². The summed E-state index contributed by atoms with van der Waals surface area (Å²) < 4.78 is 13.2. The van der Waals surface area contributed by atoms with E-state index in [1.54, 1.807) is 0 Å². The van der Waals surface area contributed by atoms with Crippen LogP contribution in [0.25, 0.3) is 0 Å². The van der Waals surface area contributed by atoms with Crippen LogP contribution in [0.4, 0.5) is 15.9 Å². The summed E-state index contributed by atoms with van der Waals surface area (Å²) in [5, 5.41) is 2.82. The molecule has 1 aromatic heterocycles. The maximum absolute atomic E-state index is 13.2. The van der Waals surface area contributed by atoms with Gasteiger partial charge in [-0.25, -0.2) is 14.4 Å². The summed E-state index contributed by atoms with van der Waals surface area (Å²) in [7, 11) is 0. The van der Waals surface area contributed by atoms with Crippen LogP contribution in [0, 0.1) is 25.6 Å². The van der Waals surface area contributed by atoms with Gasteiger partial charge in [-0.05, 0) is 44.9 Å². The number of piperidine rings is 1. The number of carbonyl (C=O) groups excluding carboxylic acids is 1. The highest BCUT2D eigenvalue weighted by Crippen LogP contribution is 2.25. The molecule has 0 bridgehead atoms. The van der Waals surface area contributed by atoms with E-state index >= 15 is 0 Å². The number of nitrogens with zero attached hydrogens (tertiary/aromatic N) is 3. The molecule has 0 saturated carbocycles. The highest BCUT2D eigenvalue weighted by Gasteiger charge is 2.26. The molecule has 0 unspecified atom stereocenters. The van der Waals surface area contributed by atoms with Crippen molar-refractivity contribution in [1.82, 2.24) is 9.97 Å². The third kappa shape index (κ3) is 4.25. The first-order chi connectivity index (χ1) is 11.9. The van der Waals surface area contributed by atoms with Crippen LogP contribution in [0.15, 0.2) is 24.3 Å². The Kier molecular flexibility index (Phi) is 5.18. The van der Waals surface area contributed by atoms with E-state index in [4.69, 9.17) is 11.6 Å². The van der Waals surface area contributed by atoms with Crippen molar-refractivity contribution in [3.8, 4) is 0 Å². The summed E-state index contributed by atoms with van der Waals surface area (Å²) in [5.41, 5.74) is 1.46. The molecule has 2 aromatic rings. The highest BCUT2D eigenvalue weighted by atomic mass is 35.5. The molecule has 1 fully saturated rings. The summed E-state index contributed by atoms with van der Waals surface area (Å²) in [4.78, 5) is 23.4. The van der Waals surface area contributed by atoms with Gasteiger partial charge in [-0.2, -0.15) is 0 Å². The lowest BCUT2D eigenvalue weighted by Gasteiger charge is -2.32. The molecule has 1 N–H and O–H groups in total. The monoisotopic (exact) mass is 362 g/mol. The third-order valence-corrected chi connectivity index (χ3v) is 4.62. The molecule has 0 spiro atoms. The number of rotatable bonds is 3. The van der Waals surface area contributed by atoms with Crippen molar-refractivity contribution in [3.63, 3.8) is 0 Å². The fourth-order valence-electron chi connectivity index (χ4n) is 3.05. The van der Waals surface area contributed by atoms with Crippen molar-refractivity contribution in [1.29, 1.82) is 0 Å². The van der Waals surface area contributed by atoms with E-state index < -0.39 is 5.82 Å². The first kappa shape index (κ1) is 17.6. The second-order valence-electron chi connectivity index (χ2n) is 6.29. The van der Waals surface area contributed by atoms with Gasteiger partial charge in [0.15, 0.2) is 0 Å². The molecule has 5 nitrogen and oxygen atoms in total. The maximum atomic E-state index is 13.2. The minimum atomic E-state index is -0.497. The van der Waals surface area contributed by atoms with Crippen molar-refractivity contribution in [3.05, 3.63) is 46.6 Å². The van der Waals surface area contributed by atoms with E-state index in [2.05, 4.69) is 20.2 Å². The van der Waals surface area contributed by atoms with E-state index in [-0.39, 0.29) is 16.8 Å². The van der Waals surface area contributed by atoms with Crippen molar-refractivity contribution in [2.75, 3.05) is 23.3 Å². The van der Waals surface area contributed by atoms with Gasteiger partial charge >= 0.3 is 0 Å². The average Bonchev–Trinajstić information content (AvgIpc) is 2.57. The summed E-state index contributed by atoms with van der Waals surface area (Å²) >= 11 is 5.75. The summed E-state index contributed by atoms with van der Waals surface area (Å²) in [6, 6.07) is 6.16. The highest BCUT2D eigenvalue weighted by molar-refractivity contribution is 6.31. The number of nitrogens with one attached hydrogen (secondary N) is 1. The topological polar surface area (TPSA) is 58.1 Å². The second-order valence-corrected chi connectivity index (χ2v) is 6.70. The van der Waals surface area contributed by atoms with Gasteiger partial charge in [0, 0.05) is 36.5 Å². The van der Waals surface area contributed by atoms with Gasteiger partial charge < -0.3 is 10.2 Å². The van der Waals surface area contributed by atoms with Crippen molar-refractivity contribution in [2.45, 2.75) is 26.7 Å². The van der Waals surface area contributed by atoms with E-state index in [1.165, 1.54) is 18.2 Å². The number of hydrogen-bond donors (Lipinski definition) is 1. The maximum Gasteiger partial charge on any atom is 0.227 e. The molecule has 1 amide bonds. The number of halogens is 2. The van der Waals surface area contributed by atoms with Crippen LogP contribution in [0.2, 0.25) is 5.02 Å². The Morgan fingerprint density at radius 1 is 1.24 bits per heavy atom. The van der Waals surface area contributed by atoms with Crippen LogP contribution >= 0.6 is 11.6 Å². The Bertz CT molecular complexity index is 770. The number of aromatic nitrogens is 2. The van der Waals surface area contributed by atoms with Gasteiger partial charge in [-0.1, -0.05) is 11.6 Å². The zero-order valence-corrected chi connectivity index (χ0v) is 15.0. The van der Waals surface area contributed by atoms with Crippen LogP contribution in [-0.4, -0.2) is 29.0 Å². The molecule has 132 valence electrons. The van der Waals surface area contributed by atoms with Gasteiger partial charge in [-0.3, -0.25) is 4.79 Å². The Morgan fingerprint density at radius 2 is 1.96 bits per heavy atom. The van der Waals surface area contributed by atoms with Crippen molar-refractivity contribution in [2.24, 2.45) is 5.92 Å².